The molecular formula is C19H27FN2O2. The van der Waals surface area contributed by atoms with Gasteiger partial charge in [-0.2, -0.15) is 0 Å². The zero-order valence-electron chi connectivity index (χ0n) is 14.3. The largest absolute Gasteiger partial charge is 0.389 e. The van der Waals surface area contributed by atoms with E-state index >= 15 is 0 Å². The molecule has 1 aliphatic heterocycles. The molecule has 2 fully saturated rings. The Bertz CT molecular complexity index is 574. The second-order valence-corrected chi connectivity index (χ2v) is 7.08. The Balaban J connectivity index is 1.53. The number of rotatable bonds is 5. The molecule has 5 heteroatoms. The molecule has 1 N–H and O–H groups in total. The highest BCUT2D eigenvalue weighted by Crippen LogP contribution is 2.30. The number of aryl methyl sites for hydroxylation is 1. The maximum absolute atomic E-state index is 13.2. The van der Waals surface area contributed by atoms with Crippen LogP contribution >= 0.6 is 0 Å². The number of aliphatic hydroxyl groups excluding tert-OH is 1. The Morgan fingerprint density at radius 2 is 2.08 bits per heavy atom. The second-order valence-electron chi connectivity index (χ2n) is 7.08. The van der Waals surface area contributed by atoms with Gasteiger partial charge in [-0.15, -0.1) is 0 Å². The summed E-state index contributed by atoms with van der Waals surface area (Å²) < 4.78 is 13.2. The van der Waals surface area contributed by atoms with Crippen molar-refractivity contribution in [2.75, 3.05) is 20.1 Å². The van der Waals surface area contributed by atoms with Crippen LogP contribution in [0.15, 0.2) is 24.3 Å². The van der Waals surface area contributed by atoms with Crippen LogP contribution in [0.25, 0.3) is 0 Å². The minimum Gasteiger partial charge on any atom is -0.389 e. The number of carbonyl (C=O) groups excluding carboxylic acids is 1. The molecule has 0 bridgehead atoms. The van der Waals surface area contributed by atoms with Crippen molar-refractivity contribution in [3.05, 3.63) is 35.6 Å². The molecule has 0 unspecified atom stereocenters. The quantitative estimate of drug-likeness (QED) is 0.898. The van der Waals surface area contributed by atoms with E-state index in [4.69, 9.17) is 0 Å². The monoisotopic (exact) mass is 334 g/mol. The SMILES string of the molecule is CN(C(=O)CCc1cccc(F)c1)[C@@H]1CC[C@@H](N2CCCC2)[C@@H]1O. The summed E-state index contributed by atoms with van der Waals surface area (Å²) in [5, 5.41) is 10.7. The first kappa shape index (κ1) is 17.4. The maximum Gasteiger partial charge on any atom is 0.222 e. The van der Waals surface area contributed by atoms with Gasteiger partial charge in [0.1, 0.15) is 5.82 Å². The molecule has 0 aromatic heterocycles. The van der Waals surface area contributed by atoms with Crippen molar-refractivity contribution in [3.63, 3.8) is 0 Å². The molecule has 2 aliphatic rings. The standard InChI is InChI=1S/C19H27FN2O2/c1-21(18(23)10-7-14-5-4-6-15(20)13-14)16-8-9-17(19(16)24)22-11-2-3-12-22/h4-6,13,16-17,19,24H,2-3,7-12H2,1H3/t16-,17-,19-/m1/s1. The number of hydrogen-bond donors (Lipinski definition) is 1. The third-order valence-electron chi connectivity index (χ3n) is 5.56. The molecule has 1 amide bonds. The normalized spacial score (nSPS) is 27.5. The van der Waals surface area contributed by atoms with E-state index in [1.807, 2.05) is 6.07 Å². The second kappa shape index (κ2) is 7.62. The lowest BCUT2D eigenvalue weighted by molar-refractivity contribution is -0.134. The van der Waals surface area contributed by atoms with Crippen LogP contribution in [0.4, 0.5) is 4.39 Å². The molecule has 0 spiro atoms. The highest BCUT2D eigenvalue weighted by Gasteiger charge is 2.41. The van der Waals surface area contributed by atoms with Crippen LogP contribution < -0.4 is 0 Å². The summed E-state index contributed by atoms with van der Waals surface area (Å²) in [5.74, 6) is -0.252. The Morgan fingerprint density at radius 1 is 1.33 bits per heavy atom. The predicted octanol–water partition coefficient (Wildman–Crippen LogP) is 2.20. The van der Waals surface area contributed by atoms with Gasteiger partial charge in [0.2, 0.25) is 5.91 Å². The number of hydrogen-bond acceptors (Lipinski definition) is 3. The van der Waals surface area contributed by atoms with Gasteiger partial charge in [-0.1, -0.05) is 12.1 Å². The summed E-state index contributed by atoms with van der Waals surface area (Å²) in [5.41, 5.74) is 0.832. The van der Waals surface area contributed by atoms with Gasteiger partial charge in [0, 0.05) is 19.5 Å². The summed E-state index contributed by atoms with van der Waals surface area (Å²) in [6.45, 7) is 2.12. The number of likely N-dealkylation sites (tertiary alicyclic amines) is 1. The zero-order valence-corrected chi connectivity index (χ0v) is 14.3. The Kier molecular flexibility index (Phi) is 5.51. The zero-order chi connectivity index (χ0) is 17.1. The van der Waals surface area contributed by atoms with E-state index in [0.717, 1.165) is 31.5 Å². The van der Waals surface area contributed by atoms with Crippen LogP contribution in [0.3, 0.4) is 0 Å². The lowest BCUT2D eigenvalue weighted by Gasteiger charge is -2.32. The lowest BCUT2D eigenvalue weighted by atomic mass is 10.1. The van der Waals surface area contributed by atoms with Crippen LogP contribution in [-0.4, -0.2) is 59.1 Å². The first-order chi connectivity index (χ1) is 11.6. The number of nitrogens with zero attached hydrogens (tertiary/aromatic N) is 2. The van der Waals surface area contributed by atoms with Gasteiger partial charge in [-0.25, -0.2) is 4.39 Å². The van der Waals surface area contributed by atoms with Gasteiger partial charge >= 0.3 is 0 Å². The highest BCUT2D eigenvalue weighted by molar-refractivity contribution is 5.76. The van der Waals surface area contributed by atoms with Gasteiger partial charge in [0.05, 0.1) is 12.1 Å². The van der Waals surface area contributed by atoms with E-state index < -0.39 is 6.10 Å². The third kappa shape index (κ3) is 3.78. The van der Waals surface area contributed by atoms with Crippen LogP contribution in [-0.2, 0) is 11.2 Å². The number of aliphatic hydroxyl groups is 1. The number of likely N-dealkylation sites (N-methyl/N-ethyl adjacent to an activating group) is 1. The van der Waals surface area contributed by atoms with Crippen molar-refractivity contribution in [1.29, 1.82) is 0 Å². The highest BCUT2D eigenvalue weighted by atomic mass is 19.1. The van der Waals surface area contributed by atoms with Gasteiger partial charge in [-0.3, -0.25) is 9.69 Å². The van der Waals surface area contributed by atoms with Crippen molar-refractivity contribution < 1.29 is 14.3 Å². The first-order valence-electron chi connectivity index (χ1n) is 8.98. The van der Waals surface area contributed by atoms with Crippen LogP contribution in [0.1, 0.15) is 37.7 Å². The minimum atomic E-state index is -0.466. The van der Waals surface area contributed by atoms with Crippen LogP contribution in [0, 0.1) is 5.82 Å². The van der Waals surface area contributed by atoms with Gasteiger partial charge < -0.3 is 10.0 Å². The van der Waals surface area contributed by atoms with E-state index in [0.29, 0.717) is 12.8 Å². The van der Waals surface area contributed by atoms with Crippen molar-refractivity contribution in [2.45, 2.75) is 56.7 Å². The Hall–Kier alpha value is -1.46. The number of benzene rings is 1. The molecule has 24 heavy (non-hydrogen) atoms. The van der Waals surface area contributed by atoms with E-state index in [2.05, 4.69) is 4.90 Å². The van der Waals surface area contributed by atoms with Crippen molar-refractivity contribution in [3.8, 4) is 0 Å². The molecule has 1 aromatic carbocycles. The van der Waals surface area contributed by atoms with E-state index in [1.165, 1.54) is 25.0 Å². The molecule has 3 rings (SSSR count). The summed E-state index contributed by atoms with van der Waals surface area (Å²) in [6, 6.07) is 6.47. The average molecular weight is 334 g/mol. The smallest absolute Gasteiger partial charge is 0.222 e. The van der Waals surface area contributed by atoms with Crippen molar-refractivity contribution >= 4 is 5.91 Å². The number of amides is 1. The van der Waals surface area contributed by atoms with Crippen LogP contribution in [0.5, 0.6) is 0 Å². The Labute approximate surface area is 143 Å². The fraction of sp³-hybridized carbons (Fsp3) is 0.632. The topological polar surface area (TPSA) is 43.8 Å². The minimum absolute atomic E-state index is 0.0189. The van der Waals surface area contributed by atoms with E-state index in [9.17, 15) is 14.3 Å². The molecule has 3 atom stereocenters. The summed E-state index contributed by atoms with van der Waals surface area (Å²) in [4.78, 5) is 16.5. The maximum atomic E-state index is 13.2. The summed E-state index contributed by atoms with van der Waals surface area (Å²) in [7, 11) is 1.79. The number of carbonyl (C=O) groups is 1. The summed E-state index contributed by atoms with van der Waals surface area (Å²) in [6.07, 6.45) is 4.62. The molecule has 1 aliphatic carbocycles. The molecule has 0 radical (unpaired) electrons. The van der Waals surface area contributed by atoms with Crippen molar-refractivity contribution in [1.82, 2.24) is 9.80 Å². The molecule has 1 saturated carbocycles. The van der Waals surface area contributed by atoms with Crippen molar-refractivity contribution in [2.24, 2.45) is 0 Å². The van der Waals surface area contributed by atoms with Gasteiger partial charge in [0.25, 0.3) is 0 Å². The fourth-order valence-corrected chi connectivity index (χ4v) is 4.14. The molecular weight excluding hydrogens is 307 g/mol. The summed E-state index contributed by atoms with van der Waals surface area (Å²) >= 11 is 0. The Morgan fingerprint density at radius 3 is 2.79 bits per heavy atom. The third-order valence-corrected chi connectivity index (χ3v) is 5.56. The predicted molar refractivity (Wildman–Crippen MR) is 91.1 cm³/mol. The van der Waals surface area contributed by atoms with E-state index in [1.54, 1.807) is 18.0 Å². The van der Waals surface area contributed by atoms with E-state index in [-0.39, 0.29) is 23.8 Å². The molecule has 1 saturated heterocycles. The molecule has 132 valence electrons. The molecule has 1 heterocycles. The molecule has 4 nitrogen and oxygen atoms in total. The first-order valence-corrected chi connectivity index (χ1v) is 8.98. The van der Waals surface area contributed by atoms with Crippen LogP contribution in [0.2, 0.25) is 0 Å². The van der Waals surface area contributed by atoms with Gasteiger partial charge in [-0.05, 0) is 62.9 Å². The van der Waals surface area contributed by atoms with Gasteiger partial charge in [0.15, 0.2) is 0 Å². The number of halogens is 1. The average Bonchev–Trinajstić information content (AvgIpc) is 3.21. The molecule has 1 aromatic rings. The fourth-order valence-electron chi connectivity index (χ4n) is 4.14. The lowest BCUT2D eigenvalue weighted by Crippen LogP contribution is -2.48.